The largest absolute Gasteiger partial charge is 0.318 e. The van der Waals surface area contributed by atoms with Crippen LogP contribution in [-0.2, 0) is 4.79 Å². The molecule has 0 bridgehead atoms. The Morgan fingerprint density at radius 3 is 2.33 bits per heavy atom. The van der Waals surface area contributed by atoms with E-state index in [9.17, 15) is 9.59 Å². The highest BCUT2D eigenvalue weighted by molar-refractivity contribution is 8.18. The Labute approximate surface area is 180 Å². The van der Waals surface area contributed by atoms with Gasteiger partial charge in [0.15, 0.2) is 0 Å². The lowest BCUT2D eigenvalue weighted by atomic mass is 10.1. The molecular formula is C25H20N2O2S. The molecule has 2 amide bonds. The smallest absolute Gasteiger partial charge is 0.294 e. The molecule has 0 unspecified atom stereocenters. The molecule has 30 heavy (non-hydrogen) atoms. The molecule has 3 aromatic rings. The lowest BCUT2D eigenvalue weighted by Crippen LogP contribution is -2.28. The summed E-state index contributed by atoms with van der Waals surface area (Å²) in [5.41, 5.74) is 6.34. The van der Waals surface area contributed by atoms with Crippen molar-refractivity contribution in [1.82, 2.24) is 9.47 Å². The van der Waals surface area contributed by atoms with E-state index in [4.69, 9.17) is 6.42 Å². The van der Waals surface area contributed by atoms with E-state index in [0.29, 0.717) is 4.91 Å². The number of benzene rings is 2. The van der Waals surface area contributed by atoms with Crippen LogP contribution in [0.25, 0.3) is 22.9 Å². The summed E-state index contributed by atoms with van der Waals surface area (Å²) < 4.78 is 2.15. The summed E-state index contributed by atoms with van der Waals surface area (Å²) in [7, 11) is 0. The minimum absolute atomic E-state index is 0.00517. The van der Waals surface area contributed by atoms with Crippen molar-refractivity contribution in [1.29, 1.82) is 0 Å². The van der Waals surface area contributed by atoms with Crippen molar-refractivity contribution < 1.29 is 9.59 Å². The minimum atomic E-state index is -0.333. The zero-order chi connectivity index (χ0) is 21.3. The number of hydrogen-bond acceptors (Lipinski definition) is 3. The van der Waals surface area contributed by atoms with Gasteiger partial charge in [-0.25, -0.2) is 0 Å². The summed E-state index contributed by atoms with van der Waals surface area (Å²) >= 11 is 0.930. The molecule has 4 nitrogen and oxygen atoms in total. The van der Waals surface area contributed by atoms with Crippen molar-refractivity contribution >= 4 is 29.0 Å². The Hall–Kier alpha value is -3.49. The number of aromatic nitrogens is 1. The molecule has 2 aromatic carbocycles. The summed E-state index contributed by atoms with van der Waals surface area (Å²) in [5, 5.41) is -0.325. The Bertz CT molecular complexity index is 1200. The molecule has 0 atom stereocenters. The normalized spacial score (nSPS) is 15.1. The van der Waals surface area contributed by atoms with Gasteiger partial charge in [0, 0.05) is 17.1 Å². The zero-order valence-corrected chi connectivity index (χ0v) is 17.6. The molecule has 4 rings (SSSR count). The SMILES string of the molecule is C#CCN1C(=O)S/C(=C\c2cc(C)n(-c3ccc(-c4ccccc4)cc3)c2C)C1=O. The van der Waals surface area contributed by atoms with Crippen molar-refractivity contribution in [3.8, 4) is 29.2 Å². The second kappa shape index (κ2) is 8.10. The Morgan fingerprint density at radius 1 is 1.00 bits per heavy atom. The van der Waals surface area contributed by atoms with Crippen LogP contribution in [0.2, 0.25) is 0 Å². The minimum Gasteiger partial charge on any atom is -0.318 e. The van der Waals surface area contributed by atoms with Crippen LogP contribution in [0.15, 0.2) is 65.6 Å². The average molecular weight is 413 g/mol. The summed E-state index contributed by atoms with van der Waals surface area (Å²) in [6, 6.07) is 20.7. The molecule has 2 heterocycles. The van der Waals surface area contributed by atoms with Gasteiger partial charge in [-0.3, -0.25) is 14.5 Å². The number of nitrogens with zero attached hydrogens (tertiary/aromatic N) is 2. The van der Waals surface area contributed by atoms with Gasteiger partial charge >= 0.3 is 0 Å². The van der Waals surface area contributed by atoms with Gasteiger partial charge in [-0.15, -0.1) is 6.42 Å². The zero-order valence-electron chi connectivity index (χ0n) is 16.8. The molecule has 0 N–H and O–H groups in total. The second-order valence-corrected chi connectivity index (χ2v) is 8.04. The topological polar surface area (TPSA) is 42.3 Å². The fourth-order valence-corrected chi connectivity index (χ4v) is 4.46. The summed E-state index contributed by atoms with van der Waals surface area (Å²) in [4.78, 5) is 26.0. The first-order valence-electron chi connectivity index (χ1n) is 9.53. The number of amides is 2. The van der Waals surface area contributed by atoms with Gasteiger partial charge in [-0.1, -0.05) is 48.4 Å². The first kappa shape index (κ1) is 19.8. The summed E-state index contributed by atoms with van der Waals surface area (Å²) in [5.74, 6) is 2.02. The Morgan fingerprint density at radius 2 is 1.67 bits per heavy atom. The second-order valence-electron chi connectivity index (χ2n) is 7.05. The van der Waals surface area contributed by atoms with Crippen molar-refractivity contribution in [3.63, 3.8) is 0 Å². The first-order chi connectivity index (χ1) is 14.5. The molecule has 5 heteroatoms. The maximum absolute atomic E-state index is 12.5. The number of carbonyl (C=O) groups is 2. The fourth-order valence-electron chi connectivity index (χ4n) is 3.63. The highest BCUT2D eigenvalue weighted by atomic mass is 32.2. The van der Waals surface area contributed by atoms with E-state index >= 15 is 0 Å². The molecule has 148 valence electrons. The van der Waals surface area contributed by atoms with Gasteiger partial charge in [-0.05, 0) is 66.6 Å². The maximum atomic E-state index is 12.5. The van der Waals surface area contributed by atoms with Crippen LogP contribution >= 0.6 is 11.8 Å². The molecule has 0 saturated carbocycles. The predicted molar refractivity (Wildman–Crippen MR) is 122 cm³/mol. The lowest BCUT2D eigenvalue weighted by Gasteiger charge is -2.11. The van der Waals surface area contributed by atoms with E-state index in [2.05, 4.69) is 46.9 Å². The van der Waals surface area contributed by atoms with E-state index < -0.39 is 0 Å². The first-order valence-corrected chi connectivity index (χ1v) is 10.3. The van der Waals surface area contributed by atoms with Crippen LogP contribution in [0.4, 0.5) is 4.79 Å². The van der Waals surface area contributed by atoms with Crippen LogP contribution in [0.1, 0.15) is 17.0 Å². The van der Waals surface area contributed by atoms with Gasteiger partial charge in [-0.2, -0.15) is 0 Å². The van der Waals surface area contributed by atoms with Crippen molar-refractivity contribution in [2.75, 3.05) is 6.54 Å². The van der Waals surface area contributed by atoms with Gasteiger partial charge in [0.1, 0.15) is 0 Å². The van der Waals surface area contributed by atoms with Gasteiger partial charge in [0.05, 0.1) is 11.4 Å². The number of imide groups is 1. The number of hydrogen-bond donors (Lipinski definition) is 0. The maximum Gasteiger partial charge on any atom is 0.294 e. The van der Waals surface area contributed by atoms with E-state index in [1.165, 1.54) is 5.56 Å². The van der Waals surface area contributed by atoms with E-state index in [0.717, 1.165) is 44.9 Å². The van der Waals surface area contributed by atoms with Crippen molar-refractivity contribution in [3.05, 3.63) is 82.5 Å². The van der Waals surface area contributed by atoms with Crippen LogP contribution in [-0.4, -0.2) is 27.2 Å². The third-order valence-corrected chi connectivity index (χ3v) is 6.02. The molecule has 0 radical (unpaired) electrons. The van der Waals surface area contributed by atoms with E-state index in [-0.39, 0.29) is 17.7 Å². The molecule has 0 aliphatic carbocycles. The van der Waals surface area contributed by atoms with E-state index in [1.807, 2.05) is 38.1 Å². The highest BCUT2D eigenvalue weighted by Crippen LogP contribution is 2.33. The number of aryl methyl sites for hydroxylation is 1. The number of terminal acetylenes is 1. The van der Waals surface area contributed by atoms with Crippen LogP contribution in [0, 0.1) is 26.2 Å². The third-order valence-electron chi connectivity index (χ3n) is 5.11. The number of carbonyl (C=O) groups excluding carboxylic acids is 2. The molecule has 1 saturated heterocycles. The highest BCUT2D eigenvalue weighted by Gasteiger charge is 2.34. The molecule has 1 aliphatic rings. The van der Waals surface area contributed by atoms with Crippen LogP contribution in [0.3, 0.4) is 0 Å². The van der Waals surface area contributed by atoms with Gasteiger partial charge < -0.3 is 4.57 Å². The standard InChI is InChI=1S/C25H20N2O2S/c1-4-14-26-24(28)23(30-25(26)29)16-21-15-17(2)27(18(21)3)22-12-10-20(11-13-22)19-8-6-5-7-9-19/h1,5-13,15-16H,14H2,2-3H3/b23-16-. The molecule has 1 fully saturated rings. The number of rotatable bonds is 4. The summed E-state index contributed by atoms with van der Waals surface area (Å²) in [6.45, 7) is 4.03. The van der Waals surface area contributed by atoms with E-state index in [1.54, 1.807) is 6.08 Å². The van der Waals surface area contributed by atoms with Gasteiger partial charge in [0.2, 0.25) is 0 Å². The molecule has 1 aliphatic heterocycles. The Balaban J connectivity index is 1.66. The van der Waals surface area contributed by atoms with Crippen molar-refractivity contribution in [2.24, 2.45) is 0 Å². The molecule has 1 aromatic heterocycles. The molecular weight excluding hydrogens is 392 g/mol. The quantitative estimate of drug-likeness (QED) is 0.424. The summed E-state index contributed by atoms with van der Waals surface area (Å²) in [6.07, 6.45) is 7.04. The van der Waals surface area contributed by atoms with Crippen LogP contribution in [0.5, 0.6) is 0 Å². The Kier molecular flexibility index (Phi) is 5.35. The third kappa shape index (κ3) is 3.58. The number of thioether (sulfide) groups is 1. The monoisotopic (exact) mass is 412 g/mol. The fraction of sp³-hybridized carbons (Fsp3) is 0.120. The van der Waals surface area contributed by atoms with Crippen molar-refractivity contribution in [2.45, 2.75) is 13.8 Å². The molecule has 0 spiro atoms. The van der Waals surface area contributed by atoms with Crippen LogP contribution < -0.4 is 0 Å². The average Bonchev–Trinajstić information content (AvgIpc) is 3.18. The van der Waals surface area contributed by atoms with Gasteiger partial charge in [0.25, 0.3) is 11.1 Å². The predicted octanol–water partition coefficient (Wildman–Crippen LogP) is 5.43. The lowest BCUT2D eigenvalue weighted by molar-refractivity contribution is -0.122.